The molecule has 162 valence electrons. The third-order valence-corrected chi connectivity index (χ3v) is 5.20. The highest BCUT2D eigenvalue weighted by atomic mass is 32.2. The highest BCUT2D eigenvalue weighted by molar-refractivity contribution is 7.99. The fraction of sp³-hybridized carbons (Fsp3) is 0.250. The van der Waals surface area contributed by atoms with E-state index in [1.807, 2.05) is 41.8 Å². The second-order valence-corrected chi connectivity index (χ2v) is 7.16. The van der Waals surface area contributed by atoms with Crippen LogP contribution in [0.3, 0.4) is 0 Å². The Morgan fingerprint density at radius 2 is 1.97 bits per heavy atom. The van der Waals surface area contributed by atoms with Crippen LogP contribution in [-0.2, 0) is 17.9 Å². The van der Waals surface area contributed by atoms with E-state index in [1.54, 1.807) is 6.07 Å². The number of aromatic nitrogens is 3. The number of nitrogens with one attached hydrogen (secondary N) is 1. The van der Waals surface area contributed by atoms with Crippen LogP contribution in [0.5, 0.6) is 11.5 Å². The number of nitro benzene ring substituents is 1. The molecule has 0 aliphatic rings. The Bertz CT molecular complexity index is 1060. The number of hydrogen-bond donors (Lipinski definition) is 1. The molecular formula is C20H21N5O5S. The third-order valence-electron chi connectivity index (χ3n) is 4.23. The van der Waals surface area contributed by atoms with Gasteiger partial charge in [0.1, 0.15) is 23.8 Å². The predicted octanol–water partition coefficient (Wildman–Crippen LogP) is 3.52. The first-order chi connectivity index (χ1) is 15.0. The molecule has 11 heteroatoms. The summed E-state index contributed by atoms with van der Waals surface area (Å²) >= 11 is 1.19. The summed E-state index contributed by atoms with van der Waals surface area (Å²) in [4.78, 5) is 23.1. The van der Waals surface area contributed by atoms with Crippen molar-refractivity contribution in [1.82, 2.24) is 14.8 Å². The molecule has 0 spiro atoms. The summed E-state index contributed by atoms with van der Waals surface area (Å²) in [6.45, 7) is 2.80. The maximum atomic E-state index is 12.4. The summed E-state index contributed by atoms with van der Waals surface area (Å²) in [5, 5.41) is 22.7. The largest absolute Gasteiger partial charge is 0.496 e. The number of anilines is 1. The van der Waals surface area contributed by atoms with Crippen LogP contribution in [0.25, 0.3) is 0 Å². The van der Waals surface area contributed by atoms with Crippen molar-refractivity contribution < 1.29 is 19.2 Å². The Labute approximate surface area is 182 Å². The molecule has 0 aliphatic carbocycles. The van der Waals surface area contributed by atoms with Gasteiger partial charge in [-0.3, -0.25) is 14.9 Å². The quantitative estimate of drug-likeness (QED) is 0.287. The molecule has 3 rings (SSSR count). The number of para-hydroxylation sites is 1. The van der Waals surface area contributed by atoms with Gasteiger partial charge in [0.2, 0.25) is 5.91 Å². The number of ether oxygens (including phenoxy) is 2. The Morgan fingerprint density at radius 1 is 1.19 bits per heavy atom. The number of nitro groups is 1. The normalized spacial score (nSPS) is 10.5. The fourth-order valence-electron chi connectivity index (χ4n) is 2.73. The van der Waals surface area contributed by atoms with E-state index < -0.39 is 10.8 Å². The van der Waals surface area contributed by atoms with Crippen molar-refractivity contribution in [3.63, 3.8) is 0 Å². The molecule has 0 radical (unpaired) electrons. The number of carbonyl (C=O) groups excluding carboxylic acids is 1. The van der Waals surface area contributed by atoms with Gasteiger partial charge in [0, 0.05) is 6.54 Å². The van der Waals surface area contributed by atoms with Gasteiger partial charge in [-0.2, -0.15) is 0 Å². The van der Waals surface area contributed by atoms with Crippen LogP contribution < -0.4 is 14.8 Å². The van der Waals surface area contributed by atoms with Gasteiger partial charge in [0.25, 0.3) is 5.69 Å². The fourth-order valence-corrected chi connectivity index (χ4v) is 3.55. The van der Waals surface area contributed by atoms with Gasteiger partial charge in [-0.15, -0.1) is 10.2 Å². The number of amides is 1. The summed E-state index contributed by atoms with van der Waals surface area (Å²) in [6.07, 6.45) is 0. The van der Waals surface area contributed by atoms with E-state index in [-0.39, 0.29) is 23.7 Å². The van der Waals surface area contributed by atoms with E-state index in [4.69, 9.17) is 9.47 Å². The molecule has 0 fully saturated rings. The zero-order chi connectivity index (χ0) is 22.2. The van der Waals surface area contributed by atoms with Crippen LogP contribution in [0.1, 0.15) is 12.7 Å². The molecule has 0 saturated heterocycles. The Kier molecular flexibility index (Phi) is 7.44. The van der Waals surface area contributed by atoms with Crippen molar-refractivity contribution in [1.29, 1.82) is 0 Å². The highest BCUT2D eigenvalue weighted by Gasteiger charge is 2.18. The summed E-state index contributed by atoms with van der Waals surface area (Å²) in [6, 6.07) is 13.6. The summed E-state index contributed by atoms with van der Waals surface area (Å²) in [5.74, 6) is 1.31. The summed E-state index contributed by atoms with van der Waals surface area (Å²) in [7, 11) is 1.41. The van der Waals surface area contributed by atoms with Crippen LogP contribution in [-0.4, -0.2) is 38.5 Å². The van der Waals surface area contributed by atoms with E-state index in [0.29, 0.717) is 23.3 Å². The van der Waals surface area contributed by atoms with E-state index >= 15 is 0 Å². The number of benzene rings is 2. The molecule has 0 bridgehead atoms. The molecule has 0 atom stereocenters. The second-order valence-electron chi connectivity index (χ2n) is 6.22. The average molecular weight is 443 g/mol. The topological polar surface area (TPSA) is 121 Å². The molecule has 1 N–H and O–H groups in total. The van der Waals surface area contributed by atoms with E-state index in [1.165, 1.54) is 31.0 Å². The molecule has 31 heavy (non-hydrogen) atoms. The van der Waals surface area contributed by atoms with Gasteiger partial charge >= 0.3 is 0 Å². The molecule has 1 amide bonds. The first-order valence-corrected chi connectivity index (χ1v) is 10.4. The first-order valence-electron chi connectivity index (χ1n) is 9.36. The van der Waals surface area contributed by atoms with Crippen molar-refractivity contribution in [2.45, 2.75) is 25.2 Å². The third kappa shape index (κ3) is 5.72. The monoisotopic (exact) mass is 443 g/mol. The Morgan fingerprint density at radius 3 is 2.65 bits per heavy atom. The number of rotatable bonds is 10. The zero-order valence-electron chi connectivity index (χ0n) is 17.0. The van der Waals surface area contributed by atoms with Gasteiger partial charge in [-0.25, -0.2) is 0 Å². The molecule has 0 aliphatic heterocycles. The van der Waals surface area contributed by atoms with Crippen LogP contribution in [0.4, 0.5) is 11.4 Å². The molecule has 1 aromatic heterocycles. The number of hydrogen-bond acceptors (Lipinski definition) is 8. The molecule has 10 nitrogen and oxygen atoms in total. The van der Waals surface area contributed by atoms with E-state index in [2.05, 4.69) is 15.5 Å². The van der Waals surface area contributed by atoms with Crippen molar-refractivity contribution in [2.24, 2.45) is 0 Å². The molecule has 1 heterocycles. The van der Waals surface area contributed by atoms with Gasteiger partial charge in [-0.1, -0.05) is 30.0 Å². The average Bonchev–Trinajstić information content (AvgIpc) is 3.18. The minimum absolute atomic E-state index is 0.0147. The SMILES string of the molecule is CCn1c(COc2ccccc2)nnc1SCC(=O)Nc1ccc(OC)cc1[N+](=O)[O-]. The lowest BCUT2D eigenvalue weighted by atomic mass is 10.2. The first kappa shape index (κ1) is 22.1. The van der Waals surface area contributed by atoms with Gasteiger partial charge in [0.15, 0.2) is 11.0 Å². The number of methoxy groups -OCH3 is 1. The smallest absolute Gasteiger partial charge is 0.296 e. The van der Waals surface area contributed by atoms with Crippen LogP contribution in [0, 0.1) is 10.1 Å². The van der Waals surface area contributed by atoms with Crippen LogP contribution in [0.2, 0.25) is 0 Å². The van der Waals surface area contributed by atoms with Crippen molar-refractivity contribution in [2.75, 3.05) is 18.2 Å². The highest BCUT2D eigenvalue weighted by Crippen LogP contribution is 2.29. The maximum Gasteiger partial charge on any atom is 0.296 e. The van der Waals surface area contributed by atoms with Crippen molar-refractivity contribution >= 4 is 29.0 Å². The summed E-state index contributed by atoms with van der Waals surface area (Å²) in [5.41, 5.74) is -0.139. The minimum Gasteiger partial charge on any atom is -0.496 e. The molecule has 3 aromatic rings. The zero-order valence-corrected chi connectivity index (χ0v) is 17.8. The van der Waals surface area contributed by atoms with Gasteiger partial charge < -0.3 is 19.4 Å². The van der Waals surface area contributed by atoms with Crippen LogP contribution in [0.15, 0.2) is 53.7 Å². The van der Waals surface area contributed by atoms with Crippen molar-refractivity contribution in [3.8, 4) is 11.5 Å². The Balaban J connectivity index is 1.61. The van der Waals surface area contributed by atoms with Crippen molar-refractivity contribution in [3.05, 3.63) is 64.5 Å². The molecule has 0 unspecified atom stereocenters. The number of thioether (sulfide) groups is 1. The van der Waals surface area contributed by atoms with Gasteiger partial charge in [-0.05, 0) is 31.2 Å². The van der Waals surface area contributed by atoms with Gasteiger partial charge in [0.05, 0.1) is 23.9 Å². The minimum atomic E-state index is -0.571. The maximum absolute atomic E-state index is 12.4. The van der Waals surface area contributed by atoms with E-state index in [0.717, 1.165) is 5.75 Å². The molecule has 2 aromatic carbocycles. The second kappa shape index (κ2) is 10.4. The lowest BCUT2D eigenvalue weighted by Crippen LogP contribution is -2.16. The van der Waals surface area contributed by atoms with Crippen LogP contribution >= 0.6 is 11.8 Å². The Hall–Kier alpha value is -3.60. The lowest BCUT2D eigenvalue weighted by Gasteiger charge is -2.09. The summed E-state index contributed by atoms with van der Waals surface area (Å²) < 4.78 is 12.6. The number of nitrogens with zero attached hydrogens (tertiary/aromatic N) is 4. The predicted molar refractivity (Wildman–Crippen MR) is 115 cm³/mol. The van der Waals surface area contributed by atoms with E-state index in [9.17, 15) is 14.9 Å². The lowest BCUT2D eigenvalue weighted by molar-refractivity contribution is -0.384. The number of carbonyl (C=O) groups is 1. The standard InChI is InChI=1S/C20H21N5O5S/c1-3-24-18(12-30-14-7-5-4-6-8-14)22-23-20(24)31-13-19(26)21-16-10-9-15(29-2)11-17(16)25(27)28/h4-11H,3,12-13H2,1-2H3,(H,21,26). The molecular weight excluding hydrogens is 422 g/mol. The molecule has 0 saturated carbocycles.